The van der Waals surface area contributed by atoms with Crippen molar-refractivity contribution in [3.8, 4) is 11.5 Å². The Morgan fingerprint density at radius 2 is 2.00 bits per heavy atom. The molecule has 3 aromatic rings. The van der Waals surface area contributed by atoms with Crippen molar-refractivity contribution in [2.75, 3.05) is 19.0 Å². The van der Waals surface area contributed by atoms with Crippen LogP contribution in [0.1, 0.15) is 20.8 Å². The molecule has 6 nitrogen and oxygen atoms in total. The first-order valence-electron chi connectivity index (χ1n) is 8.43. The van der Waals surface area contributed by atoms with Crippen molar-refractivity contribution in [3.05, 3.63) is 68.6 Å². The lowest BCUT2D eigenvalue weighted by atomic mass is 10.1. The van der Waals surface area contributed by atoms with Crippen LogP contribution in [-0.2, 0) is 11.2 Å². The molecule has 0 saturated carbocycles. The Morgan fingerprint density at radius 1 is 1.17 bits per heavy atom. The average molecular weight is 451 g/mol. The van der Waals surface area contributed by atoms with Crippen LogP contribution in [0.25, 0.3) is 0 Å². The third-order valence-electron chi connectivity index (χ3n) is 3.84. The monoisotopic (exact) mass is 450 g/mol. The minimum atomic E-state index is -0.359. The van der Waals surface area contributed by atoms with Crippen LogP contribution in [0.5, 0.6) is 11.5 Å². The third-order valence-corrected chi connectivity index (χ3v) is 5.50. The molecule has 150 valence electrons. The fourth-order valence-corrected chi connectivity index (χ4v) is 3.66. The highest BCUT2D eigenvalue weighted by Gasteiger charge is 2.11. The number of thiazole rings is 1. The van der Waals surface area contributed by atoms with Gasteiger partial charge in [-0.1, -0.05) is 29.3 Å². The molecular weight excluding hydrogens is 435 g/mol. The molecule has 0 atom stereocenters. The number of aromatic nitrogens is 1. The van der Waals surface area contributed by atoms with Gasteiger partial charge in [0.2, 0.25) is 0 Å². The van der Waals surface area contributed by atoms with E-state index < -0.39 is 0 Å². The second-order valence-electron chi connectivity index (χ2n) is 5.92. The van der Waals surface area contributed by atoms with E-state index in [-0.39, 0.29) is 12.5 Å². The van der Waals surface area contributed by atoms with Crippen LogP contribution < -0.4 is 14.8 Å². The highest BCUT2D eigenvalue weighted by atomic mass is 35.5. The zero-order valence-corrected chi connectivity index (χ0v) is 17.6. The van der Waals surface area contributed by atoms with E-state index in [9.17, 15) is 9.59 Å². The standard InChI is InChI=1S/C20H16Cl2N2O4S/c1-27-18-8-13(10-25)3-5-17(18)28-11-19(26)24-20-23-9-14(29-20)6-12-2-4-15(21)16(22)7-12/h2-5,7-10H,6,11H2,1H3,(H,23,24,26). The predicted molar refractivity (Wildman–Crippen MR) is 114 cm³/mol. The van der Waals surface area contributed by atoms with Crippen molar-refractivity contribution in [1.82, 2.24) is 4.98 Å². The van der Waals surface area contributed by atoms with Crippen LogP contribution >= 0.6 is 34.5 Å². The van der Waals surface area contributed by atoms with Gasteiger partial charge in [-0.15, -0.1) is 11.3 Å². The van der Waals surface area contributed by atoms with Gasteiger partial charge in [-0.25, -0.2) is 4.98 Å². The maximum absolute atomic E-state index is 12.2. The molecule has 0 unspecified atom stereocenters. The molecule has 1 heterocycles. The summed E-state index contributed by atoms with van der Waals surface area (Å²) in [5.74, 6) is 0.384. The van der Waals surface area contributed by atoms with Crippen LogP contribution in [0.2, 0.25) is 10.0 Å². The van der Waals surface area contributed by atoms with E-state index in [1.54, 1.807) is 30.5 Å². The van der Waals surface area contributed by atoms with Gasteiger partial charge in [0.15, 0.2) is 23.2 Å². The molecule has 29 heavy (non-hydrogen) atoms. The molecule has 1 aromatic heterocycles. The van der Waals surface area contributed by atoms with E-state index in [0.29, 0.717) is 44.9 Å². The van der Waals surface area contributed by atoms with Crippen LogP contribution in [0.4, 0.5) is 5.13 Å². The summed E-state index contributed by atoms with van der Waals surface area (Å²) < 4.78 is 10.7. The van der Waals surface area contributed by atoms with Gasteiger partial charge in [-0.2, -0.15) is 0 Å². The van der Waals surface area contributed by atoms with E-state index in [1.165, 1.54) is 24.5 Å². The molecule has 0 radical (unpaired) electrons. The summed E-state index contributed by atoms with van der Waals surface area (Å²) in [7, 11) is 1.46. The first-order valence-corrected chi connectivity index (χ1v) is 10.00. The van der Waals surface area contributed by atoms with E-state index >= 15 is 0 Å². The number of methoxy groups -OCH3 is 1. The van der Waals surface area contributed by atoms with Crippen LogP contribution in [-0.4, -0.2) is 30.9 Å². The van der Waals surface area contributed by atoms with Gasteiger partial charge >= 0.3 is 0 Å². The summed E-state index contributed by atoms with van der Waals surface area (Å²) in [6, 6.07) is 10.1. The molecule has 1 amide bonds. The van der Waals surface area contributed by atoms with Gasteiger partial charge < -0.3 is 9.47 Å². The summed E-state index contributed by atoms with van der Waals surface area (Å²) in [4.78, 5) is 28.2. The van der Waals surface area contributed by atoms with Crippen molar-refractivity contribution in [1.29, 1.82) is 0 Å². The molecule has 0 aliphatic heterocycles. The SMILES string of the molecule is COc1cc(C=O)ccc1OCC(=O)Nc1ncc(Cc2ccc(Cl)c(Cl)c2)s1. The third kappa shape index (κ3) is 5.69. The number of nitrogens with zero attached hydrogens (tertiary/aromatic N) is 1. The topological polar surface area (TPSA) is 77.5 Å². The molecular formula is C20H16Cl2N2O4S. The summed E-state index contributed by atoms with van der Waals surface area (Å²) in [6.45, 7) is -0.224. The maximum atomic E-state index is 12.2. The minimum absolute atomic E-state index is 0.224. The van der Waals surface area contributed by atoms with Crippen molar-refractivity contribution >= 4 is 51.9 Å². The normalized spacial score (nSPS) is 10.4. The fraction of sp³-hybridized carbons (Fsp3) is 0.150. The smallest absolute Gasteiger partial charge is 0.264 e. The van der Waals surface area contributed by atoms with E-state index in [1.807, 2.05) is 6.07 Å². The average Bonchev–Trinajstić information content (AvgIpc) is 3.15. The van der Waals surface area contributed by atoms with Crippen LogP contribution in [0.15, 0.2) is 42.6 Å². The molecule has 3 rings (SSSR count). The Bertz CT molecular complexity index is 1040. The van der Waals surface area contributed by atoms with Crippen molar-refractivity contribution in [2.45, 2.75) is 6.42 Å². The molecule has 0 aliphatic carbocycles. The second-order valence-corrected chi connectivity index (χ2v) is 7.85. The second kappa shape index (κ2) is 9.73. The lowest BCUT2D eigenvalue weighted by molar-refractivity contribution is -0.118. The fourth-order valence-electron chi connectivity index (χ4n) is 2.47. The van der Waals surface area contributed by atoms with Gasteiger partial charge in [-0.05, 0) is 35.9 Å². The Labute approximate surface area is 181 Å². The predicted octanol–water partition coefficient (Wildman–Crippen LogP) is 4.88. The zero-order valence-electron chi connectivity index (χ0n) is 15.3. The molecule has 9 heteroatoms. The number of hydrogen-bond donors (Lipinski definition) is 1. The number of halogens is 2. The van der Waals surface area contributed by atoms with Gasteiger partial charge in [0, 0.05) is 23.1 Å². The van der Waals surface area contributed by atoms with Crippen molar-refractivity contribution in [2.24, 2.45) is 0 Å². The number of ether oxygens (including phenoxy) is 2. The number of nitrogens with one attached hydrogen (secondary N) is 1. The first kappa shape index (κ1) is 21.1. The maximum Gasteiger partial charge on any atom is 0.264 e. The zero-order chi connectivity index (χ0) is 20.8. The lowest BCUT2D eigenvalue weighted by Crippen LogP contribution is -2.20. The lowest BCUT2D eigenvalue weighted by Gasteiger charge is -2.10. The van der Waals surface area contributed by atoms with Gasteiger partial charge in [-0.3, -0.25) is 14.9 Å². The van der Waals surface area contributed by atoms with Gasteiger partial charge in [0.25, 0.3) is 5.91 Å². The molecule has 2 aromatic carbocycles. The first-order chi connectivity index (χ1) is 14.0. The minimum Gasteiger partial charge on any atom is -0.493 e. The highest BCUT2D eigenvalue weighted by Crippen LogP contribution is 2.28. The number of benzene rings is 2. The molecule has 0 fully saturated rings. The number of anilines is 1. The van der Waals surface area contributed by atoms with E-state index in [0.717, 1.165) is 10.4 Å². The Morgan fingerprint density at radius 3 is 2.72 bits per heavy atom. The van der Waals surface area contributed by atoms with Gasteiger partial charge in [0.1, 0.15) is 6.29 Å². The number of amides is 1. The molecule has 0 spiro atoms. The summed E-state index contributed by atoms with van der Waals surface area (Å²) >= 11 is 13.3. The van der Waals surface area contributed by atoms with Gasteiger partial charge in [0.05, 0.1) is 17.2 Å². The Balaban J connectivity index is 1.56. The molecule has 0 bridgehead atoms. The van der Waals surface area contributed by atoms with Crippen molar-refractivity contribution in [3.63, 3.8) is 0 Å². The van der Waals surface area contributed by atoms with E-state index in [4.69, 9.17) is 32.7 Å². The molecule has 0 saturated heterocycles. The van der Waals surface area contributed by atoms with Crippen LogP contribution in [0, 0.1) is 0 Å². The van der Waals surface area contributed by atoms with Crippen molar-refractivity contribution < 1.29 is 19.1 Å². The number of hydrogen-bond acceptors (Lipinski definition) is 6. The Kier molecular flexibility index (Phi) is 7.09. The summed E-state index contributed by atoms with van der Waals surface area (Å²) in [5, 5.41) is 4.17. The Hall–Kier alpha value is -2.61. The number of carbonyl (C=O) groups is 2. The van der Waals surface area contributed by atoms with E-state index in [2.05, 4.69) is 10.3 Å². The van der Waals surface area contributed by atoms with Crippen LogP contribution in [0.3, 0.4) is 0 Å². The number of carbonyl (C=O) groups excluding carboxylic acids is 2. The molecule has 1 N–H and O–H groups in total. The highest BCUT2D eigenvalue weighted by molar-refractivity contribution is 7.15. The number of rotatable bonds is 8. The largest absolute Gasteiger partial charge is 0.493 e. The summed E-state index contributed by atoms with van der Waals surface area (Å²) in [5.41, 5.74) is 1.45. The molecule has 0 aliphatic rings. The summed E-state index contributed by atoms with van der Waals surface area (Å²) in [6.07, 6.45) is 3.03. The quantitative estimate of drug-likeness (QED) is 0.494. The number of aldehydes is 1.